The fourth-order valence-electron chi connectivity index (χ4n) is 1.11. The van der Waals surface area contributed by atoms with Gasteiger partial charge in [-0.05, 0) is 17.7 Å². The maximum Gasteiger partial charge on any atom is 0.0786 e. The highest BCUT2D eigenvalue weighted by Gasteiger charge is 1.99. The van der Waals surface area contributed by atoms with Gasteiger partial charge in [0.1, 0.15) is 0 Å². The van der Waals surface area contributed by atoms with E-state index < -0.39 is 6.10 Å². The van der Waals surface area contributed by atoms with E-state index in [2.05, 4.69) is 21.2 Å². The van der Waals surface area contributed by atoms with Gasteiger partial charge >= 0.3 is 0 Å². The SMILES string of the molecule is NC[C@H](O)CNCc1cccc(Br)c1. The Morgan fingerprint density at radius 1 is 1.50 bits per heavy atom. The van der Waals surface area contributed by atoms with Crippen LogP contribution in [0.25, 0.3) is 0 Å². The third-order valence-electron chi connectivity index (χ3n) is 1.87. The highest BCUT2D eigenvalue weighted by molar-refractivity contribution is 9.10. The molecule has 1 atom stereocenters. The topological polar surface area (TPSA) is 58.3 Å². The van der Waals surface area contributed by atoms with Crippen molar-refractivity contribution in [1.82, 2.24) is 5.32 Å². The molecule has 0 saturated carbocycles. The summed E-state index contributed by atoms with van der Waals surface area (Å²) in [6.07, 6.45) is -0.456. The lowest BCUT2D eigenvalue weighted by molar-refractivity contribution is 0.179. The van der Waals surface area contributed by atoms with Crippen molar-refractivity contribution in [3.8, 4) is 0 Å². The molecule has 1 rings (SSSR count). The number of hydrogen-bond acceptors (Lipinski definition) is 3. The summed E-state index contributed by atoms with van der Waals surface area (Å²) in [6, 6.07) is 8.05. The van der Waals surface area contributed by atoms with E-state index in [9.17, 15) is 5.11 Å². The van der Waals surface area contributed by atoms with Crippen molar-refractivity contribution in [2.24, 2.45) is 5.73 Å². The Kier molecular flexibility index (Phi) is 5.11. The fourth-order valence-corrected chi connectivity index (χ4v) is 1.56. The van der Waals surface area contributed by atoms with Crippen LogP contribution in [0.3, 0.4) is 0 Å². The standard InChI is InChI=1S/C10H15BrN2O/c11-9-3-1-2-8(4-9)6-13-7-10(14)5-12/h1-4,10,13-14H,5-7,12H2/t10-/m0/s1. The lowest BCUT2D eigenvalue weighted by Crippen LogP contribution is -2.32. The molecule has 1 aromatic carbocycles. The summed E-state index contributed by atoms with van der Waals surface area (Å²) in [5, 5.41) is 12.3. The zero-order valence-electron chi connectivity index (χ0n) is 7.91. The summed E-state index contributed by atoms with van der Waals surface area (Å²) in [6.45, 7) is 1.57. The zero-order chi connectivity index (χ0) is 10.4. The molecule has 4 heteroatoms. The minimum Gasteiger partial charge on any atom is -0.390 e. The summed E-state index contributed by atoms with van der Waals surface area (Å²) < 4.78 is 1.07. The van der Waals surface area contributed by atoms with Crippen molar-refractivity contribution in [3.63, 3.8) is 0 Å². The summed E-state index contributed by atoms with van der Waals surface area (Å²) in [5.41, 5.74) is 6.46. The van der Waals surface area contributed by atoms with Crippen LogP contribution in [0.5, 0.6) is 0 Å². The molecule has 0 fully saturated rings. The van der Waals surface area contributed by atoms with Crippen molar-refractivity contribution < 1.29 is 5.11 Å². The molecule has 78 valence electrons. The molecule has 1 aromatic rings. The number of hydrogen-bond donors (Lipinski definition) is 3. The largest absolute Gasteiger partial charge is 0.390 e. The van der Waals surface area contributed by atoms with Crippen LogP contribution in [0.2, 0.25) is 0 Å². The van der Waals surface area contributed by atoms with Crippen LogP contribution >= 0.6 is 15.9 Å². The zero-order valence-corrected chi connectivity index (χ0v) is 9.50. The lowest BCUT2D eigenvalue weighted by Gasteiger charge is -2.09. The van der Waals surface area contributed by atoms with E-state index >= 15 is 0 Å². The maximum absolute atomic E-state index is 9.19. The van der Waals surface area contributed by atoms with E-state index in [0.717, 1.165) is 11.0 Å². The van der Waals surface area contributed by atoms with Crippen LogP contribution in [0.4, 0.5) is 0 Å². The van der Waals surface area contributed by atoms with Crippen molar-refractivity contribution >= 4 is 15.9 Å². The molecule has 0 aliphatic rings. The molecule has 0 amide bonds. The average molecular weight is 259 g/mol. The second-order valence-corrected chi connectivity index (χ2v) is 4.07. The molecular formula is C10H15BrN2O. The van der Waals surface area contributed by atoms with Gasteiger partial charge in [-0.2, -0.15) is 0 Å². The predicted molar refractivity (Wildman–Crippen MR) is 60.9 cm³/mol. The summed E-state index contributed by atoms with van der Waals surface area (Å²) >= 11 is 3.40. The number of aliphatic hydroxyl groups excluding tert-OH is 1. The van der Waals surface area contributed by atoms with Gasteiger partial charge in [0, 0.05) is 24.1 Å². The number of aliphatic hydroxyl groups is 1. The molecule has 0 heterocycles. The molecule has 0 aromatic heterocycles. The van der Waals surface area contributed by atoms with Crippen LogP contribution in [0.1, 0.15) is 5.56 Å². The third-order valence-corrected chi connectivity index (χ3v) is 2.36. The third kappa shape index (κ3) is 4.19. The molecule has 0 spiro atoms. The van der Waals surface area contributed by atoms with E-state index in [4.69, 9.17) is 5.73 Å². The summed E-state index contributed by atoms with van der Waals surface area (Å²) in [4.78, 5) is 0. The quantitative estimate of drug-likeness (QED) is 0.735. The summed E-state index contributed by atoms with van der Waals surface area (Å²) in [5.74, 6) is 0. The second-order valence-electron chi connectivity index (χ2n) is 3.15. The molecule has 0 aliphatic heterocycles. The van der Waals surface area contributed by atoms with E-state index in [1.807, 2.05) is 24.3 Å². The Bertz CT molecular complexity index is 281. The molecule has 0 aliphatic carbocycles. The molecule has 0 saturated heterocycles. The Hall–Kier alpha value is -0.420. The van der Waals surface area contributed by atoms with Gasteiger partial charge in [0.2, 0.25) is 0 Å². The first-order valence-electron chi connectivity index (χ1n) is 4.55. The number of benzene rings is 1. The Balaban J connectivity index is 2.31. The van der Waals surface area contributed by atoms with Crippen molar-refractivity contribution in [2.75, 3.05) is 13.1 Å². The number of nitrogens with one attached hydrogen (secondary N) is 1. The highest BCUT2D eigenvalue weighted by atomic mass is 79.9. The lowest BCUT2D eigenvalue weighted by atomic mass is 10.2. The van der Waals surface area contributed by atoms with Crippen LogP contribution in [-0.2, 0) is 6.54 Å². The van der Waals surface area contributed by atoms with E-state index in [1.165, 1.54) is 5.56 Å². The van der Waals surface area contributed by atoms with Gasteiger partial charge < -0.3 is 16.2 Å². The Labute approximate surface area is 92.4 Å². The molecule has 0 unspecified atom stereocenters. The van der Waals surface area contributed by atoms with Crippen LogP contribution in [0, 0.1) is 0 Å². The molecule has 0 radical (unpaired) electrons. The van der Waals surface area contributed by atoms with E-state index in [1.54, 1.807) is 0 Å². The number of rotatable bonds is 5. The molecule has 14 heavy (non-hydrogen) atoms. The van der Waals surface area contributed by atoms with Gasteiger partial charge in [0.15, 0.2) is 0 Å². The first-order valence-corrected chi connectivity index (χ1v) is 5.35. The number of halogens is 1. The first kappa shape index (κ1) is 11.7. The maximum atomic E-state index is 9.19. The van der Waals surface area contributed by atoms with Crippen molar-refractivity contribution in [1.29, 1.82) is 0 Å². The van der Waals surface area contributed by atoms with E-state index in [0.29, 0.717) is 13.1 Å². The van der Waals surface area contributed by atoms with E-state index in [-0.39, 0.29) is 0 Å². The van der Waals surface area contributed by atoms with Crippen molar-refractivity contribution in [3.05, 3.63) is 34.3 Å². The summed E-state index contributed by atoms with van der Waals surface area (Å²) in [7, 11) is 0. The molecule has 0 bridgehead atoms. The Morgan fingerprint density at radius 2 is 2.29 bits per heavy atom. The molecular weight excluding hydrogens is 244 g/mol. The van der Waals surface area contributed by atoms with Gasteiger partial charge in [0.25, 0.3) is 0 Å². The van der Waals surface area contributed by atoms with Crippen LogP contribution < -0.4 is 11.1 Å². The Morgan fingerprint density at radius 3 is 2.93 bits per heavy atom. The minimum absolute atomic E-state index is 0.297. The van der Waals surface area contributed by atoms with Gasteiger partial charge in [-0.1, -0.05) is 28.1 Å². The second kappa shape index (κ2) is 6.14. The van der Waals surface area contributed by atoms with Gasteiger partial charge in [-0.15, -0.1) is 0 Å². The predicted octanol–water partition coefficient (Wildman–Crippen LogP) is 0.858. The van der Waals surface area contributed by atoms with Gasteiger partial charge in [-0.3, -0.25) is 0 Å². The van der Waals surface area contributed by atoms with Crippen LogP contribution in [-0.4, -0.2) is 24.3 Å². The van der Waals surface area contributed by atoms with Crippen molar-refractivity contribution in [2.45, 2.75) is 12.6 Å². The smallest absolute Gasteiger partial charge is 0.0786 e. The first-order chi connectivity index (χ1) is 6.72. The average Bonchev–Trinajstić information content (AvgIpc) is 2.17. The molecule has 4 N–H and O–H groups in total. The minimum atomic E-state index is -0.456. The normalized spacial score (nSPS) is 12.8. The molecule has 3 nitrogen and oxygen atoms in total. The fraction of sp³-hybridized carbons (Fsp3) is 0.400. The van der Waals surface area contributed by atoms with Gasteiger partial charge in [-0.25, -0.2) is 0 Å². The monoisotopic (exact) mass is 258 g/mol. The van der Waals surface area contributed by atoms with Crippen LogP contribution in [0.15, 0.2) is 28.7 Å². The number of nitrogens with two attached hydrogens (primary N) is 1. The highest BCUT2D eigenvalue weighted by Crippen LogP contribution is 2.11. The van der Waals surface area contributed by atoms with Gasteiger partial charge in [0.05, 0.1) is 6.10 Å².